The van der Waals surface area contributed by atoms with E-state index in [1.807, 2.05) is 0 Å². The minimum absolute atomic E-state index is 0.0197. The second-order valence-corrected chi connectivity index (χ2v) is 8.85. The van der Waals surface area contributed by atoms with Gasteiger partial charge < -0.3 is 15.5 Å². The molecular formula is C20H15BrF3N5O3S. The molecular weight excluding hydrogens is 527 g/mol. The van der Waals surface area contributed by atoms with Gasteiger partial charge in [0.15, 0.2) is 0 Å². The summed E-state index contributed by atoms with van der Waals surface area (Å²) in [5.74, 6) is -1.33. The van der Waals surface area contributed by atoms with Crippen molar-refractivity contribution in [2.75, 3.05) is 5.32 Å². The van der Waals surface area contributed by atoms with Gasteiger partial charge in [0.25, 0.3) is 5.91 Å². The van der Waals surface area contributed by atoms with Crippen molar-refractivity contribution in [1.82, 2.24) is 14.8 Å². The number of carbonyl (C=O) groups is 2. The number of aromatic nitrogens is 3. The average molecular weight is 542 g/mol. The zero-order chi connectivity index (χ0) is 23.9. The van der Waals surface area contributed by atoms with E-state index in [4.69, 9.17) is 10.2 Å². The molecule has 0 radical (unpaired) electrons. The van der Waals surface area contributed by atoms with E-state index < -0.39 is 29.7 Å². The Morgan fingerprint density at radius 2 is 2.15 bits per heavy atom. The lowest BCUT2D eigenvalue weighted by Crippen LogP contribution is -2.27. The first-order valence-corrected chi connectivity index (χ1v) is 11.1. The van der Waals surface area contributed by atoms with Crippen LogP contribution in [0.3, 0.4) is 0 Å². The highest BCUT2D eigenvalue weighted by Crippen LogP contribution is 2.44. The molecule has 0 fully saturated rings. The Morgan fingerprint density at radius 1 is 1.39 bits per heavy atom. The van der Waals surface area contributed by atoms with E-state index in [9.17, 15) is 22.8 Å². The molecule has 1 unspecified atom stereocenters. The van der Waals surface area contributed by atoms with E-state index in [0.717, 1.165) is 6.07 Å². The molecule has 2 amide bonds. The summed E-state index contributed by atoms with van der Waals surface area (Å²) in [6.07, 6.45) is 0.0471. The molecule has 0 aromatic carbocycles. The summed E-state index contributed by atoms with van der Waals surface area (Å²) < 4.78 is 47.9. The summed E-state index contributed by atoms with van der Waals surface area (Å²) in [5.41, 5.74) is 4.33. The van der Waals surface area contributed by atoms with Crippen LogP contribution in [-0.4, -0.2) is 26.6 Å². The van der Waals surface area contributed by atoms with Crippen molar-refractivity contribution in [2.24, 2.45) is 5.73 Å². The van der Waals surface area contributed by atoms with Gasteiger partial charge in [0.2, 0.25) is 5.91 Å². The van der Waals surface area contributed by atoms with Crippen LogP contribution >= 0.6 is 27.3 Å². The Balaban J connectivity index is 1.90. The predicted octanol–water partition coefficient (Wildman–Crippen LogP) is 5.22. The second-order valence-electron chi connectivity index (χ2n) is 6.93. The van der Waals surface area contributed by atoms with Gasteiger partial charge in [-0.15, -0.1) is 11.3 Å². The average Bonchev–Trinajstić information content (AvgIpc) is 3.48. The fourth-order valence-electron chi connectivity index (χ4n) is 3.35. The molecule has 4 aromatic rings. The van der Waals surface area contributed by atoms with Crippen LogP contribution in [0.15, 0.2) is 45.7 Å². The molecule has 1 atom stereocenters. The lowest BCUT2D eigenvalue weighted by Gasteiger charge is -2.16. The first kappa shape index (κ1) is 23.0. The van der Waals surface area contributed by atoms with Crippen LogP contribution in [0.5, 0.6) is 0 Å². The number of fused-ring (bicyclic) bond motifs is 1. The van der Waals surface area contributed by atoms with Crippen molar-refractivity contribution < 1.29 is 27.2 Å². The molecule has 0 aliphatic rings. The van der Waals surface area contributed by atoms with Crippen LogP contribution in [0.1, 0.15) is 34.8 Å². The highest BCUT2D eigenvalue weighted by Gasteiger charge is 2.35. The van der Waals surface area contributed by atoms with E-state index in [1.165, 1.54) is 29.3 Å². The van der Waals surface area contributed by atoms with Gasteiger partial charge in [-0.25, -0.2) is 4.98 Å². The van der Waals surface area contributed by atoms with Crippen LogP contribution in [0.25, 0.3) is 21.5 Å². The molecule has 8 nitrogen and oxygen atoms in total. The number of carbonyl (C=O) groups excluding carboxylic acids is 2. The largest absolute Gasteiger partial charge is 0.464 e. The molecule has 0 aliphatic heterocycles. The molecule has 4 heterocycles. The van der Waals surface area contributed by atoms with Gasteiger partial charge in [-0.2, -0.15) is 18.3 Å². The molecule has 0 aliphatic carbocycles. The number of thiophene rings is 1. The molecule has 4 rings (SSSR count). The van der Waals surface area contributed by atoms with Gasteiger partial charge in [0.1, 0.15) is 27.2 Å². The fourth-order valence-corrected chi connectivity index (χ4v) is 4.66. The quantitative estimate of drug-likeness (QED) is 0.347. The fraction of sp³-hybridized carbons (Fsp3) is 0.200. The second kappa shape index (κ2) is 8.63. The Bertz CT molecular complexity index is 1350. The predicted molar refractivity (Wildman–Crippen MR) is 119 cm³/mol. The molecule has 33 heavy (non-hydrogen) atoms. The number of halogens is 4. The molecule has 0 saturated heterocycles. The monoisotopic (exact) mass is 541 g/mol. The maximum Gasteiger partial charge on any atom is 0.433 e. The zero-order valence-corrected chi connectivity index (χ0v) is 19.2. The number of pyridine rings is 1. The maximum atomic E-state index is 13.5. The zero-order valence-electron chi connectivity index (χ0n) is 16.8. The molecule has 13 heteroatoms. The number of rotatable bonds is 6. The Kier molecular flexibility index (Phi) is 6.01. The molecule has 3 N–H and O–H groups in total. The SMILES string of the molecule is CCC(C(=O)Nc1c(C(N)=O)sc2nc(C(F)(F)F)cc(-c3ccco3)c12)n1cc(Br)cn1. The van der Waals surface area contributed by atoms with E-state index >= 15 is 0 Å². The smallest absolute Gasteiger partial charge is 0.433 e. The number of anilines is 1. The van der Waals surface area contributed by atoms with Crippen LogP contribution in [0.2, 0.25) is 0 Å². The van der Waals surface area contributed by atoms with E-state index in [2.05, 4.69) is 31.3 Å². The van der Waals surface area contributed by atoms with Gasteiger partial charge in [-0.1, -0.05) is 6.92 Å². The van der Waals surface area contributed by atoms with Gasteiger partial charge in [-0.05, 0) is 40.5 Å². The van der Waals surface area contributed by atoms with Crippen molar-refractivity contribution in [1.29, 1.82) is 0 Å². The van der Waals surface area contributed by atoms with Crippen LogP contribution < -0.4 is 11.1 Å². The third kappa shape index (κ3) is 4.37. The van der Waals surface area contributed by atoms with E-state index in [-0.39, 0.29) is 32.1 Å². The number of hydrogen-bond acceptors (Lipinski definition) is 6. The standard InChI is InChI=1S/C20H15BrF3N5O3S/c1-2-11(29-8-9(21)7-26-29)18(31)28-15-14-10(12-4-3-5-32-12)6-13(20(22,23)24)27-19(14)33-16(15)17(25)30/h3-8,11H,2H2,1H3,(H2,25,30)(H,28,31). The normalized spacial score (nSPS) is 12.8. The highest BCUT2D eigenvalue weighted by atomic mass is 79.9. The third-order valence-corrected chi connectivity index (χ3v) is 6.30. The lowest BCUT2D eigenvalue weighted by atomic mass is 10.1. The van der Waals surface area contributed by atoms with Gasteiger partial charge in [0, 0.05) is 17.1 Å². The van der Waals surface area contributed by atoms with Crippen molar-refractivity contribution >= 4 is 55.0 Å². The number of primary amides is 1. The number of hydrogen-bond donors (Lipinski definition) is 2. The number of amides is 2. The maximum absolute atomic E-state index is 13.5. The minimum atomic E-state index is -4.74. The summed E-state index contributed by atoms with van der Waals surface area (Å²) in [6, 6.07) is 3.05. The van der Waals surface area contributed by atoms with Crippen molar-refractivity contribution in [2.45, 2.75) is 25.6 Å². The minimum Gasteiger partial charge on any atom is -0.464 e. The summed E-state index contributed by atoms with van der Waals surface area (Å²) in [6.45, 7) is 1.77. The molecule has 0 bridgehead atoms. The van der Waals surface area contributed by atoms with Crippen LogP contribution in [0, 0.1) is 0 Å². The van der Waals surface area contributed by atoms with Gasteiger partial charge in [0.05, 0.1) is 22.6 Å². The van der Waals surface area contributed by atoms with Gasteiger partial charge in [-0.3, -0.25) is 14.3 Å². The summed E-state index contributed by atoms with van der Waals surface area (Å²) in [4.78, 5) is 28.7. The van der Waals surface area contributed by atoms with Crippen LogP contribution in [0.4, 0.5) is 18.9 Å². The number of nitrogens with zero attached hydrogens (tertiary/aromatic N) is 3. The van der Waals surface area contributed by atoms with Crippen LogP contribution in [-0.2, 0) is 11.0 Å². The van der Waals surface area contributed by atoms with E-state index in [1.54, 1.807) is 13.1 Å². The summed E-state index contributed by atoms with van der Waals surface area (Å²) in [7, 11) is 0. The Hall–Kier alpha value is -3.19. The first-order valence-electron chi connectivity index (χ1n) is 9.49. The number of nitrogens with two attached hydrogens (primary N) is 1. The highest BCUT2D eigenvalue weighted by molar-refractivity contribution is 9.10. The first-order chi connectivity index (χ1) is 15.6. The molecule has 4 aromatic heterocycles. The van der Waals surface area contributed by atoms with Gasteiger partial charge >= 0.3 is 6.18 Å². The van der Waals surface area contributed by atoms with Crippen molar-refractivity contribution in [3.8, 4) is 11.3 Å². The van der Waals surface area contributed by atoms with Crippen molar-refractivity contribution in [3.63, 3.8) is 0 Å². The van der Waals surface area contributed by atoms with Crippen molar-refractivity contribution in [3.05, 3.63) is 51.9 Å². The Labute approximate surface area is 196 Å². The molecule has 0 saturated carbocycles. The summed E-state index contributed by atoms with van der Waals surface area (Å²) in [5, 5.41) is 6.91. The summed E-state index contributed by atoms with van der Waals surface area (Å²) >= 11 is 3.93. The molecule has 172 valence electrons. The lowest BCUT2D eigenvalue weighted by molar-refractivity contribution is -0.140. The van der Waals surface area contributed by atoms with E-state index in [0.29, 0.717) is 22.2 Å². The number of furan rings is 1. The number of nitrogens with one attached hydrogen (secondary N) is 1. The topological polar surface area (TPSA) is 116 Å². The Morgan fingerprint density at radius 3 is 2.70 bits per heavy atom. The third-order valence-electron chi connectivity index (χ3n) is 4.79. The molecule has 0 spiro atoms. The number of alkyl halides is 3.